The van der Waals surface area contributed by atoms with Gasteiger partial charge in [-0.1, -0.05) is 33.8 Å². The quantitative estimate of drug-likeness (QED) is 0.701. The van der Waals surface area contributed by atoms with E-state index in [9.17, 15) is 0 Å². The summed E-state index contributed by atoms with van der Waals surface area (Å²) in [6.07, 6.45) is 2.41. The van der Waals surface area contributed by atoms with Crippen molar-refractivity contribution in [1.29, 1.82) is 0 Å². The lowest BCUT2D eigenvalue weighted by molar-refractivity contribution is 0.815. The number of aryl methyl sites for hydroxylation is 2. The number of pyridine rings is 1. The standard InChI is InChI=1S/C9H12N2.2C2H6/c1-7-4-5-8-3-2-6-10-9(8)11-7;2*1-2/h4-5H,2-3,6H2,1H3,(H,10,11);2*1-2H3. The van der Waals surface area contributed by atoms with E-state index in [0.29, 0.717) is 0 Å². The van der Waals surface area contributed by atoms with Crippen LogP contribution in [-0.4, -0.2) is 11.5 Å². The molecule has 0 aliphatic carbocycles. The Morgan fingerprint density at radius 2 is 1.80 bits per heavy atom. The maximum atomic E-state index is 4.40. The van der Waals surface area contributed by atoms with Gasteiger partial charge in [0, 0.05) is 12.2 Å². The minimum atomic E-state index is 1.07. The molecule has 0 aromatic carbocycles. The summed E-state index contributed by atoms with van der Waals surface area (Å²) in [6.45, 7) is 11.1. The van der Waals surface area contributed by atoms with Gasteiger partial charge in [0.25, 0.3) is 0 Å². The predicted octanol–water partition coefficient (Wildman–Crippen LogP) is 3.80. The van der Waals surface area contributed by atoms with Crippen molar-refractivity contribution >= 4 is 5.82 Å². The Labute approximate surface area is 94.1 Å². The summed E-state index contributed by atoms with van der Waals surface area (Å²) in [7, 11) is 0. The third kappa shape index (κ3) is 4.32. The molecule has 2 heteroatoms. The number of hydrogen-bond acceptors (Lipinski definition) is 2. The molecular formula is C13H24N2. The molecule has 86 valence electrons. The molecule has 1 N–H and O–H groups in total. The fourth-order valence-electron chi connectivity index (χ4n) is 1.43. The van der Waals surface area contributed by atoms with Gasteiger partial charge in [-0.3, -0.25) is 0 Å². The van der Waals surface area contributed by atoms with E-state index < -0.39 is 0 Å². The maximum Gasteiger partial charge on any atom is 0.129 e. The first-order valence-corrected chi connectivity index (χ1v) is 6.07. The van der Waals surface area contributed by atoms with Crippen molar-refractivity contribution in [2.75, 3.05) is 11.9 Å². The molecule has 1 aromatic rings. The van der Waals surface area contributed by atoms with Gasteiger partial charge in [-0.05, 0) is 31.4 Å². The van der Waals surface area contributed by atoms with Gasteiger partial charge in [-0.15, -0.1) is 0 Å². The zero-order chi connectivity index (χ0) is 11.7. The van der Waals surface area contributed by atoms with Crippen LogP contribution in [0.2, 0.25) is 0 Å². The van der Waals surface area contributed by atoms with Gasteiger partial charge in [0.15, 0.2) is 0 Å². The van der Waals surface area contributed by atoms with Crippen molar-refractivity contribution in [3.8, 4) is 0 Å². The van der Waals surface area contributed by atoms with Crippen LogP contribution in [0.5, 0.6) is 0 Å². The Kier molecular flexibility index (Phi) is 7.69. The lowest BCUT2D eigenvalue weighted by atomic mass is 10.1. The second-order valence-corrected chi connectivity index (χ2v) is 2.99. The van der Waals surface area contributed by atoms with Gasteiger partial charge in [0.05, 0.1) is 0 Å². The zero-order valence-electron chi connectivity index (χ0n) is 10.7. The predicted molar refractivity (Wildman–Crippen MR) is 68.5 cm³/mol. The molecule has 0 bridgehead atoms. The van der Waals surface area contributed by atoms with Crippen molar-refractivity contribution in [1.82, 2.24) is 4.98 Å². The number of nitrogens with one attached hydrogen (secondary N) is 1. The van der Waals surface area contributed by atoms with E-state index in [4.69, 9.17) is 0 Å². The first kappa shape index (κ1) is 13.9. The summed E-state index contributed by atoms with van der Waals surface area (Å²) in [5, 5.41) is 3.29. The Morgan fingerprint density at radius 1 is 1.13 bits per heavy atom. The van der Waals surface area contributed by atoms with Gasteiger partial charge >= 0.3 is 0 Å². The smallest absolute Gasteiger partial charge is 0.129 e. The summed E-state index contributed by atoms with van der Waals surface area (Å²) < 4.78 is 0. The van der Waals surface area contributed by atoms with E-state index in [1.807, 2.05) is 34.6 Å². The minimum absolute atomic E-state index is 1.07. The molecule has 2 heterocycles. The molecule has 0 radical (unpaired) electrons. The van der Waals surface area contributed by atoms with E-state index in [1.165, 1.54) is 18.4 Å². The molecule has 0 saturated carbocycles. The summed E-state index contributed by atoms with van der Waals surface area (Å²) >= 11 is 0. The Morgan fingerprint density at radius 3 is 2.47 bits per heavy atom. The van der Waals surface area contributed by atoms with Crippen molar-refractivity contribution in [3.05, 3.63) is 23.4 Å². The highest BCUT2D eigenvalue weighted by Gasteiger charge is 2.08. The largest absolute Gasteiger partial charge is 0.370 e. The lowest BCUT2D eigenvalue weighted by Crippen LogP contribution is -2.13. The summed E-state index contributed by atoms with van der Waals surface area (Å²) in [5.41, 5.74) is 2.46. The summed E-state index contributed by atoms with van der Waals surface area (Å²) in [4.78, 5) is 4.40. The molecule has 0 saturated heterocycles. The van der Waals surface area contributed by atoms with Crippen LogP contribution in [0.3, 0.4) is 0 Å². The average Bonchev–Trinajstić information content (AvgIpc) is 2.34. The fraction of sp³-hybridized carbons (Fsp3) is 0.615. The number of fused-ring (bicyclic) bond motifs is 1. The highest BCUT2D eigenvalue weighted by atomic mass is 15.0. The van der Waals surface area contributed by atoms with Crippen molar-refractivity contribution in [2.24, 2.45) is 0 Å². The average molecular weight is 208 g/mol. The van der Waals surface area contributed by atoms with Crippen LogP contribution in [0.15, 0.2) is 12.1 Å². The third-order valence-electron chi connectivity index (χ3n) is 2.03. The Balaban J connectivity index is 0.000000442. The van der Waals surface area contributed by atoms with Crippen molar-refractivity contribution in [3.63, 3.8) is 0 Å². The number of nitrogens with zero attached hydrogens (tertiary/aromatic N) is 1. The zero-order valence-corrected chi connectivity index (χ0v) is 10.7. The normalized spacial score (nSPS) is 12.1. The van der Waals surface area contributed by atoms with Gasteiger partial charge in [0.1, 0.15) is 5.82 Å². The molecule has 1 aliphatic rings. The van der Waals surface area contributed by atoms with E-state index in [2.05, 4.69) is 22.4 Å². The van der Waals surface area contributed by atoms with Crippen LogP contribution in [0.25, 0.3) is 0 Å². The fourth-order valence-corrected chi connectivity index (χ4v) is 1.43. The van der Waals surface area contributed by atoms with Crippen LogP contribution in [0.4, 0.5) is 5.82 Å². The molecule has 0 spiro atoms. The van der Waals surface area contributed by atoms with Crippen molar-refractivity contribution < 1.29 is 0 Å². The van der Waals surface area contributed by atoms with Crippen LogP contribution in [0.1, 0.15) is 45.4 Å². The minimum Gasteiger partial charge on any atom is -0.370 e. The Hall–Kier alpha value is -1.05. The topological polar surface area (TPSA) is 24.9 Å². The van der Waals surface area contributed by atoms with Crippen molar-refractivity contribution in [2.45, 2.75) is 47.5 Å². The summed E-state index contributed by atoms with van der Waals surface area (Å²) in [5.74, 6) is 1.09. The van der Waals surface area contributed by atoms with Gasteiger partial charge in [-0.25, -0.2) is 4.98 Å². The van der Waals surface area contributed by atoms with Gasteiger partial charge in [0.2, 0.25) is 0 Å². The highest BCUT2D eigenvalue weighted by Crippen LogP contribution is 2.18. The summed E-state index contributed by atoms with van der Waals surface area (Å²) in [6, 6.07) is 4.25. The molecule has 0 unspecified atom stereocenters. The Bertz CT molecular complexity index is 269. The molecule has 1 aliphatic heterocycles. The SMILES string of the molecule is CC.CC.Cc1ccc2c(n1)NCCC2. The maximum absolute atomic E-state index is 4.40. The van der Waals surface area contributed by atoms with E-state index >= 15 is 0 Å². The molecule has 0 atom stereocenters. The lowest BCUT2D eigenvalue weighted by Gasteiger charge is -2.16. The highest BCUT2D eigenvalue weighted by molar-refractivity contribution is 5.46. The molecule has 0 fully saturated rings. The third-order valence-corrected chi connectivity index (χ3v) is 2.03. The first-order chi connectivity index (χ1) is 7.36. The molecule has 1 aromatic heterocycles. The molecule has 15 heavy (non-hydrogen) atoms. The second-order valence-electron chi connectivity index (χ2n) is 2.99. The number of hydrogen-bond donors (Lipinski definition) is 1. The molecule has 0 amide bonds. The first-order valence-electron chi connectivity index (χ1n) is 6.07. The monoisotopic (exact) mass is 208 g/mol. The molecular weight excluding hydrogens is 184 g/mol. The van der Waals surface area contributed by atoms with E-state index in [-0.39, 0.29) is 0 Å². The number of anilines is 1. The number of rotatable bonds is 0. The van der Waals surface area contributed by atoms with Crippen LogP contribution in [-0.2, 0) is 6.42 Å². The molecule has 2 nitrogen and oxygen atoms in total. The van der Waals surface area contributed by atoms with E-state index in [1.54, 1.807) is 0 Å². The van der Waals surface area contributed by atoms with E-state index in [0.717, 1.165) is 18.1 Å². The molecule has 2 rings (SSSR count). The van der Waals surface area contributed by atoms with Gasteiger partial charge in [-0.2, -0.15) is 0 Å². The number of aromatic nitrogens is 1. The second kappa shape index (κ2) is 8.27. The van der Waals surface area contributed by atoms with Crippen LogP contribution < -0.4 is 5.32 Å². The van der Waals surface area contributed by atoms with Gasteiger partial charge < -0.3 is 5.32 Å². The van der Waals surface area contributed by atoms with Crippen LogP contribution in [0, 0.1) is 6.92 Å². The van der Waals surface area contributed by atoms with Crippen LogP contribution >= 0.6 is 0 Å².